The van der Waals surface area contributed by atoms with Crippen LogP contribution in [0.2, 0.25) is 0 Å². The zero-order valence-electron chi connectivity index (χ0n) is 11.3. The summed E-state index contributed by atoms with van der Waals surface area (Å²) in [6, 6.07) is 9.48. The molecule has 0 bridgehead atoms. The molecule has 0 aliphatic rings. The van der Waals surface area contributed by atoms with Gasteiger partial charge in [0.1, 0.15) is 0 Å². The van der Waals surface area contributed by atoms with Crippen LogP contribution in [0.3, 0.4) is 0 Å². The van der Waals surface area contributed by atoms with Gasteiger partial charge < -0.3 is 10.6 Å². The van der Waals surface area contributed by atoms with Crippen molar-refractivity contribution in [3.05, 3.63) is 41.6 Å². The minimum absolute atomic E-state index is 0.171. The van der Waals surface area contributed by atoms with Gasteiger partial charge in [0.05, 0.1) is 5.56 Å². The molecule has 0 spiro atoms. The molecule has 1 heterocycles. The lowest BCUT2D eigenvalue weighted by molar-refractivity contribution is 0.102. The van der Waals surface area contributed by atoms with E-state index in [1.807, 2.05) is 39.0 Å². The number of hydrogen-bond donors (Lipinski definition) is 3. The predicted molar refractivity (Wildman–Crippen MR) is 76.5 cm³/mol. The molecule has 5 nitrogen and oxygen atoms in total. The summed E-state index contributed by atoms with van der Waals surface area (Å²) in [7, 11) is 0. The van der Waals surface area contributed by atoms with E-state index in [1.165, 1.54) is 0 Å². The lowest BCUT2D eigenvalue weighted by Crippen LogP contribution is -2.17. The fourth-order valence-electron chi connectivity index (χ4n) is 1.78. The number of hydrogen-bond acceptors (Lipinski definition) is 3. The third-order valence-electron chi connectivity index (χ3n) is 2.56. The molecule has 3 N–H and O–H groups in total. The quantitative estimate of drug-likeness (QED) is 0.789. The van der Waals surface area contributed by atoms with E-state index in [1.54, 1.807) is 12.1 Å². The second kappa shape index (κ2) is 5.56. The Morgan fingerprint density at radius 2 is 2.05 bits per heavy atom. The van der Waals surface area contributed by atoms with Crippen LogP contribution in [0.1, 0.15) is 29.9 Å². The second-order valence-electron chi connectivity index (χ2n) is 4.73. The molecular weight excluding hydrogens is 240 g/mol. The Bertz CT molecular complexity index is 574. The largest absolute Gasteiger partial charge is 0.382 e. The molecule has 0 atom stereocenters. The van der Waals surface area contributed by atoms with Crippen LogP contribution in [0.4, 0.5) is 11.5 Å². The van der Waals surface area contributed by atoms with Crippen LogP contribution >= 0.6 is 0 Å². The van der Waals surface area contributed by atoms with E-state index < -0.39 is 0 Å². The van der Waals surface area contributed by atoms with Crippen molar-refractivity contribution in [1.82, 2.24) is 10.2 Å². The summed E-state index contributed by atoms with van der Waals surface area (Å²) in [5.74, 6) is 0.358. The molecule has 0 saturated heterocycles. The third-order valence-corrected chi connectivity index (χ3v) is 2.56. The fraction of sp³-hybridized carbons (Fsp3) is 0.286. The molecule has 1 aromatic carbocycles. The number of anilines is 2. The highest BCUT2D eigenvalue weighted by Gasteiger charge is 2.12. The first-order chi connectivity index (χ1) is 9.06. The highest BCUT2D eigenvalue weighted by Crippen LogP contribution is 2.17. The maximum absolute atomic E-state index is 12.2. The zero-order valence-corrected chi connectivity index (χ0v) is 11.3. The number of carbonyl (C=O) groups excluding carboxylic acids is 1. The zero-order chi connectivity index (χ0) is 13.8. The van der Waals surface area contributed by atoms with Crippen molar-refractivity contribution in [2.24, 2.45) is 0 Å². The van der Waals surface area contributed by atoms with Gasteiger partial charge in [0.2, 0.25) is 0 Å². The number of benzene rings is 1. The number of nitrogens with zero attached hydrogens (tertiary/aromatic N) is 1. The smallest absolute Gasteiger partial charge is 0.258 e. The Kier molecular flexibility index (Phi) is 3.85. The van der Waals surface area contributed by atoms with Crippen LogP contribution in [0.25, 0.3) is 0 Å². The van der Waals surface area contributed by atoms with Crippen LogP contribution in [0, 0.1) is 6.92 Å². The van der Waals surface area contributed by atoms with E-state index in [9.17, 15) is 4.79 Å². The number of nitrogens with one attached hydrogen (secondary N) is 3. The SMILES string of the molecule is Cc1cc(NC(=O)c2ccccc2NC(C)C)n[nH]1. The third kappa shape index (κ3) is 3.34. The molecule has 19 heavy (non-hydrogen) atoms. The van der Waals surface area contributed by atoms with Crippen LogP contribution in [-0.4, -0.2) is 22.1 Å². The fourth-order valence-corrected chi connectivity index (χ4v) is 1.78. The van der Waals surface area contributed by atoms with E-state index >= 15 is 0 Å². The summed E-state index contributed by atoms with van der Waals surface area (Å²) < 4.78 is 0. The van der Waals surface area contributed by atoms with Crippen molar-refractivity contribution in [2.75, 3.05) is 10.6 Å². The van der Waals surface area contributed by atoms with Crippen LogP contribution < -0.4 is 10.6 Å². The Morgan fingerprint density at radius 3 is 2.68 bits per heavy atom. The summed E-state index contributed by atoms with van der Waals surface area (Å²) in [6.07, 6.45) is 0. The number of carbonyl (C=O) groups is 1. The predicted octanol–water partition coefficient (Wildman–Crippen LogP) is 2.79. The van der Waals surface area contributed by atoms with Crippen molar-refractivity contribution >= 4 is 17.4 Å². The number of para-hydroxylation sites is 1. The van der Waals surface area contributed by atoms with E-state index in [0.29, 0.717) is 11.4 Å². The number of aryl methyl sites for hydroxylation is 1. The molecule has 0 fully saturated rings. The van der Waals surface area contributed by atoms with Gasteiger partial charge in [-0.15, -0.1) is 0 Å². The molecule has 0 saturated carbocycles. The molecular formula is C14H18N4O. The molecule has 100 valence electrons. The maximum Gasteiger partial charge on any atom is 0.258 e. The number of H-pyrrole nitrogens is 1. The number of amides is 1. The topological polar surface area (TPSA) is 69.8 Å². The Hall–Kier alpha value is -2.30. The van der Waals surface area contributed by atoms with Gasteiger partial charge in [-0.05, 0) is 32.9 Å². The highest BCUT2D eigenvalue weighted by atomic mass is 16.1. The average Bonchev–Trinajstić information content (AvgIpc) is 2.74. The van der Waals surface area contributed by atoms with E-state index in [-0.39, 0.29) is 11.9 Å². The van der Waals surface area contributed by atoms with E-state index in [0.717, 1.165) is 11.4 Å². The second-order valence-corrected chi connectivity index (χ2v) is 4.73. The lowest BCUT2D eigenvalue weighted by atomic mass is 10.1. The highest BCUT2D eigenvalue weighted by molar-refractivity contribution is 6.07. The molecule has 2 rings (SSSR count). The van der Waals surface area contributed by atoms with E-state index in [2.05, 4.69) is 20.8 Å². The average molecular weight is 258 g/mol. The monoisotopic (exact) mass is 258 g/mol. The molecule has 0 radical (unpaired) electrons. The summed E-state index contributed by atoms with van der Waals surface area (Å²) in [5.41, 5.74) is 2.34. The molecule has 0 aliphatic carbocycles. The molecule has 2 aromatic rings. The molecule has 5 heteroatoms. The summed E-state index contributed by atoms with van der Waals surface area (Å²) in [6.45, 7) is 5.95. The Labute approximate surface area is 112 Å². The number of rotatable bonds is 4. The first-order valence-electron chi connectivity index (χ1n) is 6.25. The summed E-state index contributed by atoms with van der Waals surface area (Å²) in [4.78, 5) is 12.2. The summed E-state index contributed by atoms with van der Waals surface area (Å²) >= 11 is 0. The van der Waals surface area contributed by atoms with Gasteiger partial charge in [0, 0.05) is 23.5 Å². The first-order valence-corrected chi connectivity index (χ1v) is 6.25. The standard InChI is InChI=1S/C14H18N4O/c1-9(2)15-12-7-5-4-6-11(12)14(19)16-13-8-10(3)17-18-13/h4-9,15H,1-3H3,(H2,16,17,18,19). The lowest BCUT2D eigenvalue weighted by Gasteiger charge is -2.13. The first kappa shape index (κ1) is 13.1. The maximum atomic E-state index is 12.2. The Morgan fingerprint density at radius 1 is 1.32 bits per heavy atom. The molecule has 0 unspecified atom stereocenters. The van der Waals surface area contributed by atoms with Crippen LogP contribution in [0.15, 0.2) is 30.3 Å². The van der Waals surface area contributed by atoms with Gasteiger partial charge in [0.25, 0.3) is 5.91 Å². The van der Waals surface area contributed by atoms with Gasteiger partial charge in [0.15, 0.2) is 5.82 Å². The molecule has 1 amide bonds. The van der Waals surface area contributed by atoms with Gasteiger partial charge in [-0.3, -0.25) is 9.89 Å². The molecule has 0 aliphatic heterocycles. The summed E-state index contributed by atoms with van der Waals surface area (Å²) in [5, 5.41) is 12.8. The number of aromatic amines is 1. The van der Waals surface area contributed by atoms with Gasteiger partial charge >= 0.3 is 0 Å². The van der Waals surface area contributed by atoms with Gasteiger partial charge in [-0.25, -0.2) is 0 Å². The van der Waals surface area contributed by atoms with Crippen LogP contribution in [0.5, 0.6) is 0 Å². The number of aromatic nitrogens is 2. The van der Waals surface area contributed by atoms with E-state index in [4.69, 9.17) is 0 Å². The van der Waals surface area contributed by atoms with Crippen LogP contribution in [-0.2, 0) is 0 Å². The van der Waals surface area contributed by atoms with Crippen molar-refractivity contribution in [1.29, 1.82) is 0 Å². The van der Waals surface area contributed by atoms with Crippen molar-refractivity contribution in [2.45, 2.75) is 26.8 Å². The minimum Gasteiger partial charge on any atom is -0.382 e. The van der Waals surface area contributed by atoms with Crippen molar-refractivity contribution in [3.63, 3.8) is 0 Å². The minimum atomic E-state index is -0.171. The van der Waals surface area contributed by atoms with Gasteiger partial charge in [-0.1, -0.05) is 12.1 Å². The van der Waals surface area contributed by atoms with Crippen molar-refractivity contribution in [3.8, 4) is 0 Å². The molecule has 1 aromatic heterocycles. The Balaban J connectivity index is 2.18. The normalized spacial score (nSPS) is 10.5. The van der Waals surface area contributed by atoms with Gasteiger partial charge in [-0.2, -0.15) is 5.10 Å². The van der Waals surface area contributed by atoms with Crippen molar-refractivity contribution < 1.29 is 4.79 Å².